The maximum atomic E-state index is 13.9. The fourth-order valence-corrected chi connectivity index (χ4v) is 5.35. The Morgan fingerprint density at radius 1 is 0.975 bits per heavy atom. The van der Waals surface area contributed by atoms with Gasteiger partial charge in [-0.1, -0.05) is 59.1 Å². The quantitative estimate of drug-likeness (QED) is 0.239. The summed E-state index contributed by atoms with van der Waals surface area (Å²) in [7, 11) is 1.58. The lowest BCUT2D eigenvalue weighted by Crippen LogP contribution is -2.39. The number of rotatable bonds is 11. The van der Waals surface area contributed by atoms with Gasteiger partial charge in [0.25, 0.3) is 5.91 Å². The van der Waals surface area contributed by atoms with Gasteiger partial charge in [-0.05, 0) is 72.8 Å². The number of amides is 1. The number of carbonyl (C=O) groups excluding carboxylic acids is 1. The smallest absolute Gasteiger partial charge is 0.251 e. The van der Waals surface area contributed by atoms with Crippen LogP contribution in [0.15, 0.2) is 66.2 Å². The van der Waals surface area contributed by atoms with E-state index in [0.717, 1.165) is 53.8 Å². The Bertz CT molecular complexity index is 1390. The molecular weight excluding hydrogens is 571 g/mol. The molecule has 210 valence electrons. The molecule has 0 aromatic heterocycles. The van der Waals surface area contributed by atoms with Gasteiger partial charge in [-0.15, -0.1) is 0 Å². The summed E-state index contributed by atoms with van der Waals surface area (Å²) in [5, 5.41) is 4.97. The monoisotopic (exact) mass is 600 g/mol. The van der Waals surface area contributed by atoms with Crippen molar-refractivity contribution < 1.29 is 19.0 Å². The Morgan fingerprint density at radius 3 is 2.50 bits per heavy atom. The number of halogens is 3. The highest BCUT2D eigenvalue weighted by molar-refractivity contribution is 6.42. The van der Waals surface area contributed by atoms with E-state index in [9.17, 15) is 4.79 Å². The summed E-state index contributed by atoms with van der Waals surface area (Å²) >= 11 is 18.7. The molecule has 3 aromatic carbocycles. The Labute approximate surface area is 249 Å². The van der Waals surface area contributed by atoms with Gasteiger partial charge < -0.3 is 24.4 Å². The van der Waals surface area contributed by atoms with Crippen molar-refractivity contribution in [1.29, 1.82) is 0 Å². The van der Waals surface area contributed by atoms with Crippen LogP contribution in [0.25, 0.3) is 5.57 Å². The lowest BCUT2D eigenvalue weighted by atomic mass is 9.93. The molecule has 1 heterocycles. The minimum absolute atomic E-state index is 0.0517. The molecule has 9 heteroatoms. The van der Waals surface area contributed by atoms with Crippen LogP contribution >= 0.6 is 34.8 Å². The molecule has 1 fully saturated rings. The number of hydrogen-bond donors (Lipinski definition) is 1. The average molecular weight is 602 g/mol. The van der Waals surface area contributed by atoms with Crippen LogP contribution in [0.3, 0.4) is 0 Å². The van der Waals surface area contributed by atoms with Crippen LogP contribution in [0, 0.1) is 0 Å². The van der Waals surface area contributed by atoms with Crippen LogP contribution in [0.4, 0.5) is 0 Å². The summed E-state index contributed by atoms with van der Waals surface area (Å²) in [6.07, 6.45) is 2.77. The highest BCUT2D eigenvalue weighted by Crippen LogP contribution is 2.35. The fraction of sp³-hybridized carbons (Fsp3) is 0.323. The van der Waals surface area contributed by atoms with Crippen molar-refractivity contribution in [2.24, 2.45) is 0 Å². The molecule has 3 aromatic rings. The number of ether oxygens (including phenoxy) is 3. The predicted molar refractivity (Wildman–Crippen MR) is 160 cm³/mol. The van der Waals surface area contributed by atoms with Crippen LogP contribution in [0.1, 0.15) is 30.4 Å². The predicted octanol–water partition coefficient (Wildman–Crippen LogP) is 7.05. The van der Waals surface area contributed by atoms with E-state index in [1.807, 2.05) is 41.3 Å². The minimum Gasteiger partial charge on any atom is -0.493 e. The Balaban J connectivity index is 1.25. The van der Waals surface area contributed by atoms with Crippen LogP contribution in [0.2, 0.25) is 15.1 Å². The highest BCUT2D eigenvalue weighted by Gasteiger charge is 2.35. The number of nitrogens with one attached hydrogen (secondary N) is 1. The molecule has 2 aliphatic rings. The molecule has 0 radical (unpaired) electrons. The topological polar surface area (TPSA) is 60.0 Å². The van der Waals surface area contributed by atoms with Gasteiger partial charge in [-0.2, -0.15) is 0 Å². The van der Waals surface area contributed by atoms with Gasteiger partial charge in [0.1, 0.15) is 19.0 Å². The first-order valence-electron chi connectivity index (χ1n) is 13.3. The van der Waals surface area contributed by atoms with Gasteiger partial charge in [0.05, 0.1) is 17.2 Å². The van der Waals surface area contributed by atoms with E-state index in [2.05, 4.69) is 5.32 Å². The fourth-order valence-electron chi connectivity index (χ4n) is 4.81. The second-order valence-electron chi connectivity index (χ2n) is 9.78. The van der Waals surface area contributed by atoms with Gasteiger partial charge in [0.15, 0.2) is 11.5 Å². The van der Waals surface area contributed by atoms with Gasteiger partial charge in [-0.25, -0.2) is 0 Å². The van der Waals surface area contributed by atoms with Crippen molar-refractivity contribution >= 4 is 46.3 Å². The average Bonchev–Trinajstić information content (AvgIpc) is 3.82. The van der Waals surface area contributed by atoms with Gasteiger partial charge in [0.2, 0.25) is 0 Å². The molecule has 1 amide bonds. The maximum Gasteiger partial charge on any atom is 0.251 e. The number of nitrogens with zero attached hydrogens (tertiary/aromatic N) is 1. The third-order valence-corrected chi connectivity index (χ3v) is 8.13. The summed E-state index contributed by atoms with van der Waals surface area (Å²) in [6, 6.07) is 18.9. The Morgan fingerprint density at radius 2 is 1.75 bits per heavy atom. The van der Waals surface area contributed by atoms with Crippen LogP contribution in [0.5, 0.6) is 17.2 Å². The number of carbonyl (C=O) groups is 1. The summed E-state index contributed by atoms with van der Waals surface area (Å²) in [5.41, 5.74) is 3.75. The number of benzene rings is 3. The molecule has 1 N–H and O–H groups in total. The van der Waals surface area contributed by atoms with E-state index in [4.69, 9.17) is 49.0 Å². The van der Waals surface area contributed by atoms with E-state index in [0.29, 0.717) is 52.9 Å². The van der Waals surface area contributed by atoms with Crippen molar-refractivity contribution in [2.75, 3.05) is 33.4 Å². The summed E-state index contributed by atoms with van der Waals surface area (Å²) < 4.78 is 17.0. The zero-order valence-corrected chi connectivity index (χ0v) is 24.5. The molecule has 6 nitrogen and oxygen atoms in total. The summed E-state index contributed by atoms with van der Waals surface area (Å²) in [6.45, 7) is 2.51. The molecule has 5 rings (SSSR count). The van der Waals surface area contributed by atoms with Gasteiger partial charge in [0, 0.05) is 35.8 Å². The van der Waals surface area contributed by atoms with Gasteiger partial charge >= 0.3 is 0 Å². The van der Waals surface area contributed by atoms with E-state index >= 15 is 0 Å². The normalized spacial score (nSPS) is 15.1. The van der Waals surface area contributed by atoms with Crippen LogP contribution in [-0.2, 0) is 11.3 Å². The van der Waals surface area contributed by atoms with Gasteiger partial charge in [-0.3, -0.25) is 4.79 Å². The first-order chi connectivity index (χ1) is 19.4. The first-order valence-corrected chi connectivity index (χ1v) is 14.4. The lowest BCUT2D eigenvalue weighted by molar-refractivity contribution is -0.128. The summed E-state index contributed by atoms with van der Waals surface area (Å²) in [4.78, 5) is 15.8. The molecule has 1 saturated carbocycles. The largest absolute Gasteiger partial charge is 0.493 e. The van der Waals surface area contributed by atoms with Crippen molar-refractivity contribution in [3.8, 4) is 17.2 Å². The van der Waals surface area contributed by atoms with E-state index in [-0.39, 0.29) is 11.9 Å². The molecule has 0 atom stereocenters. The Kier molecular flexibility index (Phi) is 9.43. The standard InChI is InChI=1S/C31H31Cl3N2O4/c1-38-29-17-22(32)7-12-28(29)40-16-15-39-24-10-5-20(6-11-24)25-13-14-35-18-26(25)31(37)36(23-8-9-23)19-21-3-2-4-27(33)30(21)34/h2-7,10-12,17,23,35H,8-9,13-16,18-19H2,1H3. The zero-order valence-electron chi connectivity index (χ0n) is 22.2. The lowest BCUT2D eigenvalue weighted by Gasteiger charge is -2.28. The number of methoxy groups -OCH3 is 1. The van der Waals surface area contributed by atoms with E-state index in [1.54, 1.807) is 31.4 Å². The molecule has 0 spiro atoms. The Hall–Kier alpha value is -2.90. The van der Waals surface area contributed by atoms with Crippen LogP contribution < -0.4 is 19.5 Å². The zero-order chi connectivity index (χ0) is 28.1. The summed E-state index contributed by atoms with van der Waals surface area (Å²) in [5.74, 6) is 1.97. The van der Waals surface area contributed by atoms with E-state index < -0.39 is 0 Å². The number of hydrogen-bond acceptors (Lipinski definition) is 5. The molecule has 1 aliphatic heterocycles. The second-order valence-corrected chi connectivity index (χ2v) is 11.0. The minimum atomic E-state index is 0.0517. The first kappa shape index (κ1) is 28.6. The van der Waals surface area contributed by atoms with Crippen molar-refractivity contribution in [2.45, 2.75) is 31.8 Å². The highest BCUT2D eigenvalue weighted by atomic mass is 35.5. The molecule has 0 bridgehead atoms. The molecule has 0 saturated heterocycles. The SMILES string of the molecule is COc1cc(Cl)ccc1OCCOc1ccc(C2=C(C(=O)N(Cc3cccc(Cl)c3Cl)C3CC3)CNCC2)cc1. The molecular formula is C31H31Cl3N2O4. The van der Waals surface area contributed by atoms with E-state index in [1.165, 1.54) is 0 Å². The molecule has 0 unspecified atom stereocenters. The third kappa shape index (κ3) is 6.87. The second kappa shape index (κ2) is 13.2. The van der Waals surface area contributed by atoms with Crippen LogP contribution in [-0.4, -0.2) is 50.3 Å². The maximum absolute atomic E-state index is 13.9. The molecule has 1 aliphatic carbocycles. The van der Waals surface area contributed by atoms with Crippen molar-refractivity contribution in [1.82, 2.24) is 10.2 Å². The molecule has 40 heavy (non-hydrogen) atoms. The third-order valence-electron chi connectivity index (χ3n) is 7.03. The van der Waals surface area contributed by atoms with Crippen molar-refractivity contribution in [3.05, 3.63) is 92.4 Å². The van der Waals surface area contributed by atoms with Crippen molar-refractivity contribution in [3.63, 3.8) is 0 Å².